The van der Waals surface area contributed by atoms with Gasteiger partial charge in [-0.3, -0.25) is 9.59 Å². The molecule has 0 aliphatic heterocycles. The van der Waals surface area contributed by atoms with E-state index < -0.39 is 0 Å². The number of thiazole rings is 1. The molecule has 0 unspecified atom stereocenters. The number of hydrogen-bond acceptors (Lipinski definition) is 5. The van der Waals surface area contributed by atoms with Crippen LogP contribution in [0.3, 0.4) is 0 Å². The highest BCUT2D eigenvalue weighted by atomic mass is 32.1. The van der Waals surface area contributed by atoms with Crippen molar-refractivity contribution in [1.29, 1.82) is 0 Å². The van der Waals surface area contributed by atoms with Crippen LogP contribution < -0.4 is 5.32 Å². The van der Waals surface area contributed by atoms with E-state index in [1.807, 2.05) is 12.3 Å². The molecule has 1 aliphatic carbocycles. The number of nitrogens with one attached hydrogen (secondary N) is 1. The lowest BCUT2D eigenvalue weighted by Gasteiger charge is -2.11. The molecule has 1 saturated carbocycles. The molecule has 1 N–H and O–H groups in total. The molecule has 1 fully saturated rings. The summed E-state index contributed by atoms with van der Waals surface area (Å²) in [7, 11) is 1.35. The fourth-order valence-corrected chi connectivity index (χ4v) is 2.98. The second-order valence-electron chi connectivity index (χ2n) is 5.47. The summed E-state index contributed by atoms with van der Waals surface area (Å²) in [6.07, 6.45) is 0.583. The molecule has 5 nitrogen and oxygen atoms in total. The summed E-state index contributed by atoms with van der Waals surface area (Å²) in [6, 6.07) is -0.134. The highest BCUT2D eigenvalue weighted by Gasteiger charge is 2.49. The maximum absolute atomic E-state index is 12.0. The third-order valence-corrected chi connectivity index (χ3v) is 4.63. The summed E-state index contributed by atoms with van der Waals surface area (Å²) in [5.41, 5.74) is 0.877. The van der Waals surface area contributed by atoms with Crippen LogP contribution >= 0.6 is 11.3 Å². The molecule has 3 atom stereocenters. The van der Waals surface area contributed by atoms with Gasteiger partial charge in [-0.1, -0.05) is 13.8 Å². The predicted octanol–water partition coefficient (Wildman–Crippen LogP) is 2.25. The summed E-state index contributed by atoms with van der Waals surface area (Å²) in [6.45, 7) is 6.10. The number of methoxy groups -OCH3 is 1. The lowest BCUT2D eigenvalue weighted by atomic mass is 10.2. The summed E-state index contributed by atoms with van der Waals surface area (Å²) in [5.74, 6) is -0.508. The minimum Gasteiger partial charge on any atom is -0.469 e. The summed E-state index contributed by atoms with van der Waals surface area (Å²) < 4.78 is 4.64. The first-order chi connectivity index (χ1) is 9.43. The Morgan fingerprint density at radius 3 is 2.65 bits per heavy atom. The summed E-state index contributed by atoms with van der Waals surface area (Å²) >= 11 is 1.61. The Labute approximate surface area is 122 Å². The van der Waals surface area contributed by atoms with Crippen LogP contribution in [0.1, 0.15) is 49.9 Å². The van der Waals surface area contributed by atoms with Crippen LogP contribution in [0.2, 0.25) is 0 Å². The molecule has 1 heterocycles. The molecule has 20 heavy (non-hydrogen) atoms. The number of rotatable bonds is 5. The Morgan fingerprint density at radius 2 is 2.10 bits per heavy atom. The fourth-order valence-electron chi connectivity index (χ4n) is 2.06. The minimum atomic E-state index is -0.298. The Morgan fingerprint density at radius 1 is 1.40 bits per heavy atom. The maximum Gasteiger partial charge on any atom is 0.309 e. The van der Waals surface area contributed by atoms with Gasteiger partial charge in [0.05, 0.1) is 35.7 Å². The average Bonchev–Trinajstić information content (AvgIpc) is 3.05. The van der Waals surface area contributed by atoms with E-state index in [1.165, 1.54) is 7.11 Å². The van der Waals surface area contributed by atoms with E-state index in [4.69, 9.17) is 0 Å². The van der Waals surface area contributed by atoms with Crippen LogP contribution in [0, 0.1) is 11.8 Å². The monoisotopic (exact) mass is 296 g/mol. The van der Waals surface area contributed by atoms with Crippen LogP contribution in [0.5, 0.6) is 0 Å². The van der Waals surface area contributed by atoms with E-state index in [0.717, 1.165) is 10.7 Å². The van der Waals surface area contributed by atoms with Gasteiger partial charge in [-0.15, -0.1) is 11.3 Å². The number of carbonyl (C=O) groups excluding carboxylic acids is 2. The molecule has 1 aromatic heterocycles. The lowest BCUT2D eigenvalue weighted by Crippen LogP contribution is -2.29. The van der Waals surface area contributed by atoms with E-state index in [-0.39, 0.29) is 29.8 Å². The van der Waals surface area contributed by atoms with Gasteiger partial charge >= 0.3 is 5.97 Å². The molecule has 2 rings (SSSR count). The highest BCUT2D eigenvalue weighted by Crippen LogP contribution is 2.40. The quantitative estimate of drug-likeness (QED) is 0.846. The minimum absolute atomic E-state index is 0.0907. The van der Waals surface area contributed by atoms with Crippen LogP contribution in [-0.4, -0.2) is 24.0 Å². The fraction of sp³-hybridized carbons (Fsp3) is 0.643. The van der Waals surface area contributed by atoms with Crippen molar-refractivity contribution >= 4 is 23.2 Å². The standard InChI is InChI=1S/C14H20N2O3S/c1-7(2)13-16-11(6-20-13)8(3)15-12(17)9-5-10(9)14(18)19-4/h6-10H,5H2,1-4H3,(H,15,17)/t8-,9+,10-/m1/s1. The van der Waals surface area contributed by atoms with E-state index in [0.29, 0.717) is 12.3 Å². The SMILES string of the molecule is COC(=O)[C@@H]1C[C@@H]1C(=O)N[C@H](C)c1csc(C(C)C)n1. The van der Waals surface area contributed by atoms with Gasteiger partial charge in [-0.2, -0.15) is 0 Å². The van der Waals surface area contributed by atoms with Gasteiger partial charge in [0.2, 0.25) is 5.91 Å². The first-order valence-electron chi connectivity index (χ1n) is 6.77. The second kappa shape index (κ2) is 5.91. The molecule has 0 saturated heterocycles. The van der Waals surface area contributed by atoms with Crippen molar-refractivity contribution in [2.24, 2.45) is 11.8 Å². The number of carbonyl (C=O) groups is 2. The number of amides is 1. The smallest absolute Gasteiger partial charge is 0.309 e. The van der Waals surface area contributed by atoms with Crippen molar-refractivity contribution in [1.82, 2.24) is 10.3 Å². The van der Waals surface area contributed by atoms with Crippen molar-refractivity contribution in [2.45, 2.75) is 39.2 Å². The van der Waals surface area contributed by atoms with Gasteiger partial charge in [-0.05, 0) is 13.3 Å². The maximum atomic E-state index is 12.0. The van der Waals surface area contributed by atoms with Gasteiger partial charge in [0.1, 0.15) is 0 Å². The van der Waals surface area contributed by atoms with E-state index >= 15 is 0 Å². The number of esters is 1. The molecule has 1 aliphatic rings. The molecule has 0 bridgehead atoms. The topological polar surface area (TPSA) is 68.3 Å². The van der Waals surface area contributed by atoms with Crippen LogP contribution in [-0.2, 0) is 14.3 Å². The molecule has 1 aromatic rings. The highest BCUT2D eigenvalue weighted by molar-refractivity contribution is 7.09. The molecule has 0 spiro atoms. The van der Waals surface area contributed by atoms with Crippen LogP contribution in [0.25, 0.3) is 0 Å². The normalized spacial score (nSPS) is 22.4. The Bertz CT molecular complexity index is 512. The second-order valence-corrected chi connectivity index (χ2v) is 6.36. The Kier molecular flexibility index (Phi) is 4.42. The van der Waals surface area contributed by atoms with Crippen molar-refractivity contribution in [3.05, 3.63) is 16.1 Å². The van der Waals surface area contributed by atoms with Crippen LogP contribution in [0.15, 0.2) is 5.38 Å². The zero-order chi connectivity index (χ0) is 14.9. The molecular formula is C14H20N2O3S. The van der Waals surface area contributed by atoms with Gasteiger partial charge in [0.15, 0.2) is 0 Å². The zero-order valence-electron chi connectivity index (χ0n) is 12.2. The summed E-state index contributed by atoms with van der Waals surface area (Å²) in [5, 5.41) is 5.96. The first-order valence-corrected chi connectivity index (χ1v) is 7.65. The van der Waals surface area contributed by atoms with Crippen LogP contribution in [0.4, 0.5) is 0 Å². The van der Waals surface area contributed by atoms with E-state index in [9.17, 15) is 9.59 Å². The lowest BCUT2D eigenvalue weighted by molar-refractivity contribution is -0.143. The zero-order valence-corrected chi connectivity index (χ0v) is 13.0. The molecule has 0 radical (unpaired) electrons. The molecular weight excluding hydrogens is 276 g/mol. The molecule has 110 valence electrons. The average molecular weight is 296 g/mol. The Balaban J connectivity index is 1.90. The van der Waals surface area contributed by atoms with Crippen molar-refractivity contribution in [3.8, 4) is 0 Å². The van der Waals surface area contributed by atoms with E-state index in [2.05, 4.69) is 28.9 Å². The largest absolute Gasteiger partial charge is 0.469 e. The predicted molar refractivity (Wildman–Crippen MR) is 76.4 cm³/mol. The van der Waals surface area contributed by atoms with Gasteiger partial charge in [0.25, 0.3) is 0 Å². The number of hydrogen-bond donors (Lipinski definition) is 1. The molecule has 1 amide bonds. The third kappa shape index (κ3) is 3.17. The summed E-state index contributed by atoms with van der Waals surface area (Å²) in [4.78, 5) is 27.9. The van der Waals surface area contributed by atoms with Gasteiger partial charge in [0, 0.05) is 11.3 Å². The van der Waals surface area contributed by atoms with E-state index in [1.54, 1.807) is 11.3 Å². The first kappa shape index (κ1) is 15.0. The van der Waals surface area contributed by atoms with Crippen molar-refractivity contribution < 1.29 is 14.3 Å². The van der Waals surface area contributed by atoms with Crippen molar-refractivity contribution in [3.63, 3.8) is 0 Å². The number of aromatic nitrogens is 1. The third-order valence-electron chi connectivity index (χ3n) is 3.47. The van der Waals surface area contributed by atoms with Crippen molar-refractivity contribution in [2.75, 3.05) is 7.11 Å². The molecule has 6 heteroatoms. The number of ether oxygens (including phenoxy) is 1. The Hall–Kier alpha value is -1.43. The van der Waals surface area contributed by atoms with Gasteiger partial charge < -0.3 is 10.1 Å². The molecule has 0 aromatic carbocycles. The van der Waals surface area contributed by atoms with Gasteiger partial charge in [-0.25, -0.2) is 4.98 Å². The number of nitrogens with zero attached hydrogens (tertiary/aromatic N) is 1.